The van der Waals surface area contributed by atoms with E-state index >= 15 is 0 Å². The number of aliphatic carboxylic acids is 2. The number of carbonyl (C=O) groups is 2. The maximum absolute atomic E-state index is 11.4. The summed E-state index contributed by atoms with van der Waals surface area (Å²) in [6, 6.07) is 6.14. The van der Waals surface area contributed by atoms with Crippen LogP contribution in [0.5, 0.6) is 28.7 Å². The lowest BCUT2D eigenvalue weighted by Gasteiger charge is -2.35. The highest BCUT2D eigenvalue weighted by atomic mass is 16.6. The van der Waals surface area contributed by atoms with E-state index in [1.54, 1.807) is 0 Å². The molecule has 0 aliphatic carbocycles. The van der Waals surface area contributed by atoms with Gasteiger partial charge in [0.2, 0.25) is 0 Å². The molecule has 0 aromatic heterocycles. The van der Waals surface area contributed by atoms with Crippen molar-refractivity contribution in [2.24, 2.45) is 0 Å². The highest BCUT2D eigenvalue weighted by Gasteiger charge is 2.38. The van der Waals surface area contributed by atoms with Gasteiger partial charge in [-0.25, -0.2) is 4.79 Å². The van der Waals surface area contributed by atoms with Crippen molar-refractivity contribution in [3.8, 4) is 28.7 Å². The van der Waals surface area contributed by atoms with Gasteiger partial charge in [-0.05, 0) is 17.7 Å². The van der Waals surface area contributed by atoms with Crippen molar-refractivity contribution in [3.63, 3.8) is 0 Å². The minimum Gasteiger partial charge on any atom is -0.508 e. The van der Waals surface area contributed by atoms with Crippen LogP contribution >= 0.6 is 0 Å². The second-order valence-electron chi connectivity index (χ2n) is 6.53. The van der Waals surface area contributed by atoms with Crippen LogP contribution < -0.4 is 4.74 Å². The first-order valence-electron chi connectivity index (χ1n) is 8.49. The van der Waals surface area contributed by atoms with Gasteiger partial charge in [-0.2, -0.15) is 0 Å². The molecule has 0 saturated carbocycles. The second kappa shape index (κ2) is 7.76. The van der Waals surface area contributed by atoms with Crippen LogP contribution in [0.25, 0.3) is 0 Å². The number of phenolic OH excluding ortho intramolecular Hbond substituents is 4. The van der Waals surface area contributed by atoms with Crippen molar-refractivity contribution in [2.75, 3.05) is 0 Å². The zero-order valence-electron chi connectivity index (χ0n) is 14.8. The van der Waals surface area contributed by atoms with Gasteiger partial charge in [-0.15, -0.1) is 0 Å². The first kappa shape index (κ1) is 20.1. The molecule has 1 heterocycles. The number of carboxylic acids is 2. The van der Waals surface area contributed by atoms with E-state index in [1.807, 2.05) is 0 Å². The zero-order valence-corrected chi connectivity index (χ0v) is 14.8. The standard InChI is InChI=1S/C19H18O10/c20-9-4-12(22)10-6-15(28-16(19(26)27)7-17(24)25)18(29-14(10)5-9)8-1-2-11(21)13(23)3-8/h1-5,15-16,18,20-23H,6-7H2,(H,24,25)(H,26,27). The number of benzene rings is 2. The number of aromatic hydroxyl groups is 4. The Labute approximate surface area is 163 Å². The van der Waals surface area contributed by atoms with Gasteiger partial charge in [0, 0.05) is 24.1 Å². The monoisotopic (exact) mass is 406 g/mol. The average molecular weight is 406 g/mol. The Kier molecular flexibility index (Phi) is 5.37. The SMILES string of the molecule is O=C(O)CC(OC1Cc2c(O)cc(O)cc2OC1c1ccc(O)c(O)c1)C(=O)O. The minimum atomic E-state index is -1.69. The van der Waals surface area contributed by atoms with Gasteiger partial charge in [0.1, 0.15) is 23.4 Å². The molecule has 2 aromatic rings. The summed E-state index contributed by atoms with van der Waals surface area (Å²) >= 11 is 0. The van der Waals surface area contributed by atoms with Gasteiger partial charge in [0.05, 0.1) is 6.42 Å². The molecule has 3 rings (SSSR count). The van der Waals surface area contributed by atoms with Gasteiger partial charge >= 0.3 is 11.9 Å². The zero-order chi connectivity index (χ0) is 21.3. The average Bonchev–Trinajstić information content (AvgIpc) is 2.63. The molecule has 3 atom stereocenters. The van der Waals surface area contributed by atoms with Crippen LogP contribution in [0.3, 0.4) is 0 Å². The molecule has 1 aliphatic heterocycles. The lowest BCUT2D eigenvalue weighted by Crippen LogP contribution is -2.39. The van der Waals surface area contributed by atoms with E-state index in [-0.39, 0.29) is 35.0 Å². The van der Waals surface area contributed by atoms with Crippen LogP contribution in [-0.4, -0.2) is 54.8 Å². The number of fused-ring (bicyclic) bond motifs is 1. The highest BCUT2D eigenvalue weighted by Crippen LogP contribution is 2.44. The van der Waals surface area contributed by atoms with E-state index in [4.69, 9.17) is 14.6 Å². The molecule has 0 radical (unpaired) electrons. The van der Waals surface area contributed by atoms with E-state index in [9.17, 15) is 35.1 Å². The molecular formula is C19H18O10. The third-order valence-corrected chi connectivity index (χ3v) is 4.47. The summed E-state index contributed by atoms with van der Waals surface area (Å²) in [6.45, 7) is 0. The summed E-state index contributed by atoms with van der Waals surface area (Å²) in [6.07, 6.45) is -4.62. The van der Waals surface area contributed by atoms with Crippen LogP contribution in [0.2, 0.25) is 0 Å². The van der Waals surface area contributed by atoms with Crippen molar-refractivity contribution in [2.45, 2.75) is 31.2 Å². The van der Waals surface area contributed by atoms with E-state index in [2.05, 4.69) is 0 Å². The second-order valence-corrected chi connectivity index (χ2v) is 6.53. The topological polar surface area (TPSA) is 174 Å². The molecule has 0 fully saturated rings. The third kappa shape index (κ3) is 4.27. The largest absolute Gasteiger partial charge is 0.508 e. The molecule has 6 N–H and O–H groups in total. The molecule has 10 nitrogen and oxygen atoms in total. The van der Waals surface area contributed by atoms with E-state index < -0.39 is 42.4 Å². The Morgan fingerprint density at radius 1 is 1.03 bits per heavy atom. The molecule has 1 aliphatic rings. The molecule has 29 heavy (non-hydrogen) atoms. The lowest BCUT2D eigenvalue weighted by molar-refractivity contribution is -0.165. The molecule has 10 heteroatoms. The summed E-state index contributed by atoms with van der Waals surface area (Å²) in [5, 5.41) is 57.4. The maximum atomic E-state index is 11.4. The fourth-order valence-electron chi connectivity index (χ4n) is 3.13. The van der Waals surface area contributed by atoms with Crippen LogP contribution in [0.4, 0.5) is 0 Å². The van der Waals surface area contributed by atoms with Gasteiger partial charge in [-0.3, -0.25) is 4.79 Å². The van der Waals surface area contributed by atoms with Crippen molar-refractivity contribution in [3.05, 3.63) is 41.5 Å². The van der Waals surface area contributed by atoms with E-state index in [0.717, 1.165) is 6.07 Å². The fraction of sp³-hybridized carbons (Fsp3) is 0.263. The first-order valence-corrected chi connectivity index (χ1v) is 8.49. The summed E-state index contributed by atoms with van der Waals surface area (Å²) in [5.74, 6) is -4.14. The third-order valence-electron chi connectivity index (χ3n) is 4.47. The number of rotatable bonds is 6. The van der Waals surface area contributed by atoms with Crippen molar-refractivity contribution < 1.29 is 49.7 Å². The van der Waals surface area contributed by atoms with Crippen LogP contribution in [0, 0.1) is 0 Å². The van der Waals surface area contributed by atoms with Gasteiger partial charge in [0.25, 0.3) is 0 Å². The molecule has 3 unspecified atom stereocenters. The minimum absolute atomic E-state index is 0.0584. The fourth-order valence-corrected chi connectivity index (χ4v) is 3.13. The van der Waals surface area contributed by atoms with Gasteiger partial charge in [0.15, 0.2) is 23.7 Å². The normalized spacial score (nSPS) is 19.0. The summed E-state index contributed by atoms with van der Waals surface area (Å²) in [5.41, 5.74) is 0.546. The van der Waals surface area contributed by atoms with Crippen LogP contribution in [-0.2, 0) is 20.7 Å². The lowest BCUT2D eigenvalue weighted by atomic mass is 9.93. The van der Waals surface area contributed by atoms with Crippen molar-refractivity contribution in [1.29, 1.82) is 0 Å². The Bertz CT molecular complexity index is 954. The molecular weight excluding hydrogens is 388 g/mol. The number of phenols is 4. The van der Waals surface area contributed by atoms with E-state index in [0.29, 0.717) is 5.56 Å². The van der Waals surface area contributed by atoms with E-state index in [1.165, 1.54) is 24.3 Å². The number of hydrogen-bond acceptors (Lipinski definition) is 8. The summed E-state index contributed by atoms with van der Waals surface area (Å²) < 4.78 is 11.3. The van der Waals surface area contributed by atoms with Crippen molar-refractivity contribution in [1.82, 2.24) is 0 Å². The summed E-state index contributed by atoms with van der Waals surface area (Å²) in [4.78, 5) is 22.4. The number of carboxylic acid groups (broad SMARTS) is 2. The van der Waals surface area contributed by atoms with Gasteiger partial charge in [-0.1, -0.05) is 6.07 Å². The molecule has 0 saturated heterocycles. The Morgan fingerprint density at radius 3 is 2.38 bits per heavy atom. The molecule has 154 valence electrons. The first-order chi connectivity index (χ1) is 13.7. The predicted molar refractivity (Wildman–Crippen MR) is 95.2 cm³/mol. The number of ether oxygens (including phenoxy) is 2. The maximum Gasteiger partial charge on any atom is 0.333 e. The van der Waals surface area contributed by atoms with Crippen molar-refractivity contribution >= 4 is 11.9 Å². The van der Waals surface area contributed by atoms with Gasteiger partial charge < -0.3 is 40.1 Å². The smallest absolute Gasteiger partial charge is 0.333 e. The Hall–Kier alpha value is -3.66. The predicted octanol–water partition coefficient (Wildman–Crippen LogP) is 1.50. The quantitative estimate of drug-likeness (QED) is 0.386. The van der Waals surface area contributed by atoms with Crippen LogP contribution in [0.1, 0.15) is 23.7 Å². The highest BCUT2D eigenvalue weighted by molar-refractivity contribution is 5.79. The number of hydrogen-bond donors (Lipinski definition) is 6. The van der Waals surface area contributed by atoms with Crippen LogP contribution in [0.15, 0.2) is 30.3 Å². The Balaban J connectivity index is 2.01. The molecule has 0 spiro atoms. The summed E-state index contributed by atoms with van der Waals surface area (Å²) in [7, 11) is 0. The molecule has 0 amide bonds. The Morgan fingerprint density at radius 2 is 1.76 bits per heavy atom. The molecule has 2 aromatic carbocycles. The molecule has 0 bridgehead atoms.